The lowest BCUT2D eigenvalue weighted by Crippen LogP contribution is -2.31. The number of hydrogen-bond donors (Lipinski definition) is 1. The zero-order valence-corrected chi connectivity index (χ0v) is 11.2. The quantitative estimate of drug-likeness (QED) is 0.878. The van der Waals surface area contributed by atoms with Crippen LogP contribution in [0, 0.1) is 11.3 Å². The molecule has 1 aromatic heterocycles. The normalized spacial score (nSPS) is 25.6. The van der Waals surface area contributed by atoms with Gasteiger partial charge in [0.25, 0.3) is 0 Å². The minimum Gasteiger partial charge on any atom is -0.317 e. The molecular formula is C15H23N3. The topological polar surface area (TPSA) is 28.2 Å². The van der Waals surface area contributed by atoms with Crippen molar-refractivity contribution in [2.75, 3.05) is 26.7 Å². The molecule has 1 aliphatic heterocycles. The highest BCUT2D eigenvalue weighted by Gasteiger charge is 2.53. The molecule has 1 unspecified atom stereocenters. The Kier molecular flexibility index (Phi) is 3.35. The highest BCUT2D eigenvalue weighted by Crippen LogP contribution is 2.58. The van der Waals surface area contributed by atoms with Gasteiger partial charge in [-0.1, -0.05) is 0 Å². The van der Waals surface area contributed by atoms with E-state index < -0.39 is 0 Å². The summed E-state index contributed by atoms with van der Waals surface area (Å²) in [4.78, 5) is 6.54. The number of hydrogen-bond acceptors (Lipinski definition) is 3. The predicted molar refractivity (Wildman–Crippen MR) is 73.2 cm³/mol. The molecule has 1 spiro atoms. The van der Waals surface area contributed by atoms with E-state index in [1.165, 1.54) is 44.5 Å². The molecule has 2 aliphatic rings. The van der Waals surface area contributed by atoms with Crippen molar-refractivity contribution in [3.63, 3.8) is 0 Å². The maximum Gasteiger partial charge on any atom is 0.0271 e. The molecule has 1 aromatic rings. The Morgan fingerprint density at radius 3 is 2.78 bits per heavy atom. The van der Waals surface area contributed by atoms with Gasteiger partial charge in [0.2, 0.25) is 0 Å². The van der Waals surface area contributed by atoms with E-state index in [1.807, 2.05) is 12.4 Å². The van der Waals surface area contributed by atoms with Gasteiger partial charge in [-0.25, -0.2) is 0 Å². The molecule has 1 saturated heterocycles. The average Bonchev–Trinajstić information content (AvgIpc) is 3.02. The van der Waals surface area contributed by atoms with Crippen molar-refractivity contribution in [2.24, 2.45) is 11.3 Å². The van der Waals surface area contributed by atoms with Crippen LogP contribution in [0.2, 0.25) is 0 Å². The largest absolute Gasteiger partial charge is 0.317 e. The molecular weight excluding hydrogens is 222 g/mol. The standard InChI is InChI=1S/C15H23N3/c1-18(11-13-2-6-16-7-3-13)12-14-10-15(14)4-8-17-9-5-15/h2-3,6-7,14,17H,4-5,8-12H2,1H3. The Hall–Kier alpha value is -0.930. The third-order valence-electron chi connectivity index (χ3n) is 4.69. The third-order valence-corrected chi connectivity index (χ3v) is 4.69. The van der Waals surface area contributed by atoms with Crippen molar-refractivity contribution in [1.29, 1.82) is 0 Å². The van der Waals surface area contributed by atoms with E-state index in [0.29, 0.717) is 5.41 Å². The Morgan fingerprint density at radius 1 is 1.33 bits per heavy atom. The summed E-state index contributed by atoms with van der Waals surface area (Å²) >= 11 is 0. The number of nitrogens with one attached hydrogen (secondary N) is 1. The van der Waals surface area contributed by atoms with Gasteiger partial charge in [-0.15, -0.1) is 0 Å². The van der Waals surface area contributed by atoms with E-state index in [2.05, 4.69) is 34.4 Å². The fourth-order valence-electron chi connectivity index (χ4n) is 3.47. The molecule has 3 rings (SSSR count). The highest BCUT2D eigenvalue weighted by molar-refractivity contribution is 5.10. The van der Waals surface area contributed by atoms with Crippen LogP contribution >= 0.6 is 0 Å². The van der Waals surface area contributed by atoms with E-state index in [4.69, 9.17) is 0 Å². The lowest BCUT2D eigenvalue weighted by Gasteiger charge is -2.25. The Balaban J connectivity index is 1.49. The van der Waals surface area contributed by atoms with Gasteiger partial charge in [0, 0.05) is 25.5 Å². The third kappa shape index (κ3) is 2.57. The van der Waals surface area contributed by atoms with E-state index in [9.17, 15) is 0 Å². The molecule has 18 heavy (non-hydrogen) atoms. The molecule has 1 atom stereocenters. The Bertz CT molecular complexity index is 384. The van der Waals surface area contributed by atoms with Gasteiger partial charge < -0.3 is 10.2 Å². The van der Waals surface area contributed by atoms with Gasteiger partial charge in [0.15, 0.2) is 0 Å². The van der Waals surface area contributed by atoms with Crippen molar-refractivity contribution in [3.8, 4) is 0 Å². The van der Waals surface area contributed by atoms with Crippen LogP contribution in [0.3, 0.4) is 0 Å². The maximum absolute atomic E-state index is 4.07. The molecule has 1 aliphatic carbocycles. The average molecular weight is 245 g/mol. The molecule has 3 heteroatoms. The fourth-order valence-corrected chi connectivity index (χ4v) is 3.47. The van der Waals surface area contributed by atoms with Crippen molar-refractivity contribution < 1.29 is 0 Å². The second-order valence-corrected chi connectivity index (χ2v) is 6.07. The van der Waals surface area contributed by atoms with E-state index in [1.54, 1.807) is 0 Å². The van der Waals surface area contributed by atoms with Crippen molar-refractivity contribution in [2.45, 2.75) is 25.8 Å². The molecule has 0 radical (unpaired) electrons. The number of rotatable bonds is 4. The molecule has 0 aromatic carbocycles. The van der Waals surface area contributed by atoms with Gasteiger partial charge in [-0.05, 0) is 68.4 Å². The molecule has 98 valence electrons. The first-order valence-corrected chi connectivity index (χ1v) is 7.07. The van der Waals surface area contributed by atoms with Crippen molar-refractivity contribution in [1.82, 2.24) is 15.2 Å². The van der Waals surface area contributed by atoms with Crippen LogP contribution in [-0.4, -0.2) is 36.6 Å². The predicted octanol–water partition coefficient (Wildman–Crippen LogP) is 1.90. The van der Waals surface area contributed by atoms with Crippen molar-refractivity contribution >= 4 is 0 Å². The summed E-state index contributed by atoms with van der Waals surface area (Å²) in [5.74, 6) is 0.937. The summed E-state index contributed by atoms with van der Waals surface area (Å²) in [5, 5.41) is 3.47. The second kappa shape index (κ2) is 4.98. The molecule has 3 nitrogen and oxygen atoms in total. The fraction of sp³-hybridized carbons (Fsp3) is 0.667. The lowest BCUT2D eigenvalue weighted by atomic mass is 9.92. The number of piperidine rings is 1. The monoisotopic (exact) mass is 245 g/mol. The molecule has 1 N–H and O–H groups in total. The minimum absolute atomic E-state index is 0.706. The van der Waals surface area contributed by atoms with E-state index in [-0.39, 0.29) is 0 Å². The summed E-state index contributed by atoms with van der Waals surface area (Å²) < 4.78 is 0. The summed E-state index contributed by atoms with van der Waals surface area (Å²) in [5.41, 5.74) is 2.07. The lowest BCUT2D eigenvalue weighted by molar-refractivity contribution is 0.257. The Morgan fingerprint density at radius 2 is 2.06 bits per heavy atom. The number of nitrogens with zero attached hydrogens (tertiary/aromatic N) is 2. The van der Waals surface area contributed by atoms with Gasteiger partial charge >= 0.3 is 0 Å². The smallest absolute Gasteiger partial charge is 0.0271 e. The molecule has 0 bridgehead atoms. The first-order valence-electron chi connectivity index (χ1n) is 7.07. The van der Waals surface area contributed by atoms with Gasteiger partial charge in [0.1, 0.15) is 0 Å². The number of aromatic nitrogens is 1. The molecule has 2 fully saturated rings. The minimum atomic E-state index is 0.706. The molecule has 2 heterocycles. The van der Waals surface area contributed by atoms with Crippen LogP contribution in [0.5, 0.6) is 0 Å². The van der Waals surface area contributed by atoms with Crippen LogP contribution in [0.4, 0.5) is 0 Å². The van der Waals surface area contributed by atoms with E-state index >= 15 is 0 Å². The Labute approximate surface area is 110 Å². The van der Waals surface area contributed by atoms with Gasteiger partial charge in [0.05, 0.1) is 0 Å². The van der Waals surface area contributed by atoms with Gasteiger partial charge in [-0.3, -0.25) is 4.98 Å². The zero-order valence-electron chi connectivity index (χ0n) is 11.2. The maximum atomic E-state index is 4.07. The molecule has 0 amide bonds. The van der Waals surface area contributed by atoms with Crippen LogP contribution < -0.4 is 5.32 Å². The second-order valence-electron chi connectivity index (χ2n) is 6.07. The summed E-state index contributed by atoms with van der Waals surface area (Å²) in [7, 11) is 2.24. The van der Waals surface area contributed by atoms with Crippen LogP contribution in [0.1, 0.15) is 24.8 Å². The molecule has 1 saturated carbocycles. The summed E-state index contributed by atoms with van der Waals surface area (Å²) in [6, 6.07) is 4.23. The first kappa shape index (κ1) is 12.1. The number of pyridine rings is 1. The summed E-state index contributed by atoms with van der Waals surface area (Å²) in [6.07, 6.45) is 8.00. The van der Waals surface area contributed by atoms with Gasteiger partial charge in [-0.2, -0.15) is 0 Å². The van der Waals surface area contributed by atoms with Crippen LogP contribution in [0.15, 0.2) is 24.5 Å². The van der Waals surface area contributed by atoms with E-state index in [0.717, 1.165) is 12.5 Å². The first-order chi connectivity index (χ1) is 8.78. The zero-order chi connectivity index (χ0) is 12.4. The summed E-state index contributed by atoms with van der Waals surface area (Å²) in [6.45, 7) is 4.75. The van der Waals surface area contributed by atoms with Crippen LogP contribution in [0.25, 0.3) is 0 Å². The SMILES string of the molecule is CN(Cc1ccncc1)CC1CC12CCNCC2. The highest BCUT2D eigenvalue weighted by atomic mass is 15.1. The van der Waals surface area contributed by atoms with Crippen molar-refractivity contribution in [3.05, 3.63) is 30.1 Å². The van der Waals surface area contributed by atoms with Crippen LogP contribution in [-0.2, 0) is 6.54 Å².